The van der Waals surface area contributed by atoms with Gasteiger partial charge in [-0.05, 0) is 43.9 Å². The standard InChI is InChI=1S/C20H27N7/c1-26(2)17-5-3-4-16(12-17)23-18-13-19(25-27-11-10-22-20(18)27)24-15-8-6-14(21)7-9-15/h3-5,10-15,23H,6-9,21H2,1-2H3,(H,24,25)/t14-,15-. The van der Waals surface area contributed by atoms with Crippen molar-refractivity contribution in [2.75, 3.05) is 29.6 Å². The normalized spacial score (nSPS) is 19.8. The summed E-state index contributed by atoms with van der Waals surface area (Å²) in [4.78, 5) is 6.54. The van der Waals surface area contributed by atoms with Crippen LogP contribution in [0.4, 0.5) is 22.9 Å². The predicted molar refractivity (Wildman–Crippen MR) is 111 cm³/mol. The fraction of sp³-hybridized carbons (Fsp3) is 0.400. The average molecular weight is 365 g/mol. The summed E-state index contributed by atoms with van der Waals surface area (Å²) in [6.45, 7) is 0. The zero-order valence-electron chi connectivity index (χ0n) is 15.9. The van der Waals surface area contributed by atoms with Gasteiger partial charge in [0.15, 0.2) is 5.65 Å². The molecule has 0 amide bonds. The number of anilines is 4. The van der Waals surface area contributed by atoms with E-state index in [1.165, 1.54) is 0 Å². The molecule has 0 atom stereocenters. The average Bonchev–Trinajstić information content (AvgIpc) is 3.13. The Hall–Kier alpha value is -2.80. The molecule has 0 bridgehead atoms. The molecule has 0 aliphatic heterocycles. The molecular weight excluding hydrogens is 338 g/mol. The first kappa shape index (κ1) is 17.6. The minimum Gasteiger partial charge on any atom is -0.378 e. The lowest BCUT2D eigenvalue weighted by Crippen LogP contribution is -2.33. The maximum absolute atomic E-state index is 6.03. The summed E-state index contributed by atoms with van der Waals surface area (Å²) in [6, 6.07) is 11.1. The van der Waals surface area contributed by atoms with Crippen molar-refractivity contribution in [3.8, 4) is 0 Å². The third kappa shape index (κ3) is 3.98. The van der Waals surface area contributed by atoms with Crippen molar-refractivity contribution in [1.29, 1.82) is 0 Å². The second-order valence-corrected chi connectivity index (χ2v) is 7.46. The number of nitrogens with zero attached hydrogens (tertiary/aromatic N) is 4. The molecule has 3 aromatic rings. The monoisotopic (exact) mass is 365 g/mol. The van der Waals surface area contributed by atoms with E-state index in [1.54, 1.807) is 6.20 Å². The second-order valence-electron chi connectivity index (χ2n) is 7.46. The van der Waals surface area contributed by atoms with Gasteiger partial charge in [-0.15, -0.1) is 5.10 Å². The van der Waals surface area contributed by atoms with E-state index in [2.05, 4.69) is 43.8 Å². The second kappa shape index (κ2) is 7.44. The van der Waals surface area contributed by atoms with Crippen LogP contribution >= 0.6 is 0 Å². The Morgan fingerprint density at radius 1 is 1.15 bits per heavy atom. The molecule has 142 valence electrons. The van der Waals surface area contributed by atoms with Crippen molar-refractivity contribution in [2.24, 2.45) is 5.73 Å². The van der Waals surface area contributed by atoms with Crippen molar-refractivity contribution in [3.63, 3.8) is 0 Å². The topological polar surface area (TPSA) is 83.5 Å². The van der Waals surface area contributed by atoms with E-state index >= 15 is 0 Å². The molecule has 1 aromatic carbocycles. The molecule has 1 saturated carbocycles. The lowest BCUT2D eigenvalue weighted by molar-refractivity contribution is 0.410. The fourth-order valence-corrected chi connectivity index (χ4v) is 3.57. The van der Waals surface area contributed by atoms with Crippen molar-refractivity contribution >= 4 is 28.5 Å². The van der Waals surface area contributed by atoms with Gasteiger partial charge in [-0.2, -0.15) is 0 Å². The third-order valence-corrected chi connectivity index (χ3v) is 5.12. The van der Waals surface area contributed by atoms with Crippen LogP contribution < -0.4 is 21.3 Å². The zero-order valence-corrected chi connectivity index (χ0v) is 15.9. The van der Waals surface area contributed by atoms with Gasteiger partial charge in [0.25, 0.3) is 0 Å². The number of rotatable bonds is 5. The largest absolute Gasteiger partial charge is 0.378 e. The van der Waals surface area contributed by atoms with Crippen LogP contribution in [0.25, 0.3) is 5.65 Å². The van der Waals surface area contributed by atoms with E-state index < -0.39 is 0 Å². The molecule has 1 aliphatic rings. The highest BCUT2D eigenvalue weighted by Crippen LogP contribution is 2.27. The summed E-state index contributed by atoms with van der Waals surface area (Å²) in [7, 11) is 4.08. The molecule has 27 heavy (non-hydrogen) atoms. The van der Waals surface area contributed by atoms with Crippen molar-refractivity contribution in [1.82, 2.24) is 14.6 Å². The fourth-order valence-electron chi connectivity index (χ4n) is 3.57. The van der Waals surface area contributed by atoms with Crippen molar-refractivity contribution in [3.05, 3.63) is 42.7 Å². The van der Waals surface area contributed by atoms with Gasteiger partial charge in [0.05, 0.1) is 5.69 Å². The number of hydrogen-bond acceptors (Lipinski definition) is 6. The highest BCUT2D eigenvalue weighted by atomic mass is 15.3. The number of nitrogens with two attached hydrogens (primary N) is 1. The Kier molecular flexibility index (Phi) is 4.85. The van der Waals surface area contributed by atoms with Crippen LogP contribution in [-0.2, 0) is 0 Å². The number of aromatic nitrogens is 3. The molecule has 7 nitrogen and oxygen atoms in total. The Morgan fingerprint density at radius 2 is 1.96 bits per heavy atom. The summed E-state index contributed by atoms with van der Waals surface area (Å²) in [5.41, 5.74) is 9.93. The summed E-state index contributed by atoms with van der Waals surface area (Å²) < 4.78 is 1.81. The first-order valence-electron chi connectivity index (χ1n) is 9.49. The van der Waals surface area contributed by atoms with Gasteiger partial charge < -0.3 is 21.3 Å². The van der Waals surface area contributed by atoms with Crippen LogP contribution in [0.3, 0.4) is 0 Å². The van der Waals surface area contributed by atoms with Crippen molar-refractivity contribution < 1.29 is 0 Å². The Morgan fingerprint density at radius 3 is 2.74 bits per heavy atom. The summed E-state index contributed by atoms with van der Waals surface area (Å²) in [6.07, 6.45) is 7.93. The molecule has 0 radical (unpaired) electrons. The molecule has 0 spiro atoms. The van der Waals surface area contributed by atoms with E-state index in [4.69, 9.17) is 5.73 Å². The Bertz CT molecular complexity index is 910. The maximum Gasteiger partial charge on any atom is 0.177 e. The first-order chi connectivity index (χ1) is 13.1. The van der Waals surface area contributed by atoms with Gasteiger partial charge in [0.2, 0.25) is 0 Å². The molecule has 0 unspecified atom stereocenters. The van der Waals surface area contributed by atoms with Gasteiger partial charge in [-0.25, -0.2) is 9.50 Å². The van der Waals surface area contributed by atoms with E-state index in [0.717, 1.165) is 54.2 Å². The van der Waals surface area contributed by atoms with Gasteiger partial charge in [0.1, 0.15) is 5.82 Å². The maximum atomic E-state index is 6.03. The third-order valence-electron chi connectivity index (χ3n) is 5.12. The summed E-state index contributed by atoms with van der Waals surface area (Å²) in [5, 5.41) is 11.7. The number of benzene rings is 1. The van der Waals surface area contributed by atoms with Crippen LogP contribution in [0.5, 0.6) is 0 Å². The number of imidazole rings is 1. The summed E-state index contributed by atoms with van der Waals surface area (Å²) in [5.74, 6) is 0.854. The summed E-state index contributed by atoms with van der Waals surface area (Å²) >= 11 is 0. The van der Waals surface area contributed by atoms with Crippen LogP contribution in [0, 0.1) is 0 Å². The quantitative estimate of drug-likeness (QED) is 0.644. The first-order valence-corrected chi connectivity index (χ1v) is 9.49. The van der Waals surface area contributed by atoms with Crippen LogP contribution in [0.15, 0.2) is 42.7 Å². The van der Waals surface area contributed by atoms with Crippen LogP contribution in [-0.4, -0.2) is 40.8 Å². The van der Waals surface area contributed by atoms with Gasteiger partial charge in [-0.3, -0.25) is 0 Å². The van der Waals surface area contributed by atoms with E-state index in [0.29, 0.717) is 12.1 Å². The molecule has 1 fully saturated rings. The molecule has 4 N–H and O–H groups in total. The molecule has 1 aliphatic carbocycles. The zero-order chi connectivity index (χ0) is 18.8. The van der Waals surface area contributed by atoms with E-state index in [1.807, 2.05) is 36.9 Å². The van der Waals surface area contributed by atoms with Gasteiger partial charge in [0, 0.05) is 56.0 Å². The van der Waals surface area contributed by atoms with Gasteiger partial charge in [-0.1, -0.05) is 6.07 Å². The van der Waals surface area contributed by atoms with Crippen molar-refractivity contribution in [2.45, 2.75) is 37.8 Å². The lowest BCUT2D eigenvalue weighted by Gasteiger charge is -2.27. The molecular formula is C20H27N7. The molecule has 2 aromatic heterocycles. The predicted octanol–water partition coefficient (Wildman–Crippen LogP) is 3.22. The minimum absolute atomic E-state index is 0.341. The Labute approximate surface area is 159 Å². The molecule has 7 heteroatoms. The number of fused-ring (bicyclic) bond motifs is 1. The van der Waals surface area contributed by atoms with Crippen LogP contribution in [0.1, 0.15) is 25.7 Å². The molecule has 0 saturated heterocycles. The van der Waals surface area contributed by atoms with Gasteiger partial charge >= 0.3 is 0 Å². The van der Waals surface area contributed by atoms with E-state index in [9.17, 15) is 0 Å². The Balaban J connectivity index is 1.60. The molecule has 4 rings (SSSR count). The minimum atomic E-state index is 0.341. The lowest BCUT2D eigenvalue weighted by atomic mass is 9.92. The van der Waals surface area contributed by atoms with Crippen LogP contribution in [0.2, 0.25) is 0 Å². The molecule has 2 heterocycles. The smallest absolute Gasteiger partial charge is 0.177 e. The van der Waals surface area contributed by atoms with E-state index in [-0.39, 0.29) is 0 Å². The highest BCUT2D eigenvalue weighted by Gasteiger charge is 2.19. The highest BCUT2D eigenvalue weighted by molar-refractivity contribution is 5.77. The number of nitrogens with one attached hydrogen (secondary N) is 2. The number of hydrogen-bond donors (Lipinski definition) is 3. The SMILES string of the molecule is CN(C)c1cccc(Nc2cc(N[C@H]3CC[C@H](N)CC3)nn3ccnc23)c1.